The molecule has 7 nitrogen and oxygen atoms in total. The first-order valence-corrected chi connectivity index (χ1v) is 9.38. The van der Waals surface area contributed by atoms with Crippen LogP contribution in [0.25, 0.3) is 0 Å². The third kappa shape index (κ3) is 5.70. The Morgan fingerprint density at radius 1 is 1.24 bits per heavy atom. The minimum Gasteiger partial charge on any atom is -0.468 e. The van der Waals surface area contributed by atoms with E-state index in [0.717, 1.165) is 0 Å². The lowest BCUT2D eigenvalue weighted by molar-refractivity contribution is -0.117. The van der Waals surface area contributed by atoms with Crippen molar-refractivity contribution in [2.24, 2.45) is 0 Å². The zero-order chi connectivity index (χ0) is 18.4. The van der Waals surface area contributed by atoms with Gasteiger partial charge in [0, 0.05) is 11.7 Å². The van der Waals surface area contributed by atoms with Crippen LogP contribution in [0.3, 0.4) is 0 Å². The van der Waals surface area contributed by atoms with Crippen LogP contribution in [0.1, 0.15) is 19.6 Å². The molecule has 1 aromatic carbocycles. The highest BCUT2D eigenvalue weighted by molar-refractivity contribution is 7.89. The Morgan fingerprint density at radius 3 is 2.64 bits per heavy atom. The van der Waals surface area contributed by atoms with Crippen LogP contribution in [0.15, 0.2) is 52.0 Å². The smallest absolute Gasteiger partial charge is 0.241 e. The lowest BCUT2D eigenvalue weighted by Crippen LogP contribution is -2.34. The van der Waals surface area contributed by atoms with Crippen LogP contribution in [0.4, 0.5) is 5.69 Å². The molecule has 0 radical (unpaired) electrons. The number of amides is 1. The molecule has 0 aliphatic heterocycles. The summed E-state index contributed by atoms with van der Waals surface area (Å²) in [4.78, 5) is 14.0. The van der Waals surface area contributed by atoms with E-state index in [0.29, 0.717) is 11.4 Å². The van der Waals surface area contributed by atoms with Gasteiger partial charge in [-0.1, -0.05) is 6.07 Å². The van der Waals surface area contributed by atoms with Crippen LogP contribution in [0.5, 0.6) is 0 Å². The first-order chi connectivity index (χ1) is 11.8. The Balaban J connectivity index is 2.03. The number of benzene rings is 1. The van der Waals surface area contributed by atoms with E-state index in [-0.39, 0.29) is 29.9 Å². The maximum atomic E-state index is 12.4. The molecule has 0 bridgehead atoms. The molecule has 0 fully saturated rings. The summed E-state index contributed by atoms with van der Waals surface area (Å²) in [6, 6.07) is 9.75. The molecule has 0 unspecified atom stereocenters. The average molecular weight is 365 g/mol. The van der Waals surface area contributed by atoms with E-state index in [1.54, 1.807) is 24.3 Å². The first kappa shape index (κ1) is 19.2. The van der Waals surface area contributed by atoms with E-state index < -0.39 is 10.0 Å². The van der Waals surface area contributed by atoms with Crippen molar-refractivity contribution in [1.29, 1.82) is 0 Å². The predicted molar refractivity (Wildman–Crippen MR) is 95.6 cm³/mol. The summed E-state index contributed by atoms with van der Waals surface area (Å²) in [7, 11) is -1.85. The Morgan fingerprint density at radius 2 is 2.00 bits per heavy atom. The number of hydrogen-bond donors (Lipinski definition) is 2. The maximum absolute atomic E-state index is 12.4. The summed E-state index contributed by atoms with van der Waals surface area (Å²) >= 11 is 0. The summed E-state index contributed by atoms with van der Waals surface area (Å²) in [6.07, 6.45) is 1.48. The zero-order valence-corrected chi connectivity index (χ0v) is 15.3. The van der Waals surface area contributed by atoms with E-state index in [1.807, 2.05) is 25.8 Å². The Bertz CT molecular complexity index is 801. The number of hydrogen-bond acceptors (Lipinski definition) is 5. The summed E-state index contributed by atoms with van der Waals surface area (Å²) < 4.78 is 32.3. The molecule has 1 heterocycles. The molecule has 2 N–H and O–H groups in total. The van der Waals surface area contributed by atoms with Crippen LogP contribution in [0, 0.1) is 0 Å². The molecule has 136 valence electrons. The maximum Gasteiger partial charge on any atom is 0.241 e. The van der Waals surface area contributed by atoms with Gasteiger partial charge in [0.1, 0.15) is 5.76 Å². The number of likely N-dealkylation sites (N-methyl/N-ethyl adjacent to an activating group) is 1. The Kier molecular flexibility index (Phi) is 6.35. The molecule has 25 heavy (non-hydrogen) atoms. The number of sulfonamides is 1. The van der Waals surface area contributed by atoms with Gasteiger partial charge in [-0.3, -0.25) is 9.69 Å². The molecule has 2 aromatic rings. The van der Waals surface area contributed by atoms with Gasteiger partial charge in [-0.15, -0.1) is 0 Å². The molecule has 2 rings (SSSR count). The van der Waals surface area contributed by atoms with Gasteiger partial charge in [-0.05, 0) is 51.2 Å². The highest BCUT2D eigenvalue weighted by atomic mass is 32.2. The Hall–Kier alpha value is -2.16. The van der Waals surface area contributed by atoms with Crippen molar-refractivity contribution in [1.82, 2.24) is 9.62 Å². The van der Waals surface area contributed by atoms with Gasteiger partial charge in [-0.25, -0.2) is 13.1 Å². The largest absolute Gasteiger partial charge is 0.468 e. The van der Waals surface area contributed by atoms with Crippen LogP contribution in [-0.4, -0.2) is 38.9 Å². The third-order valence-corrected chi connectivity index (χ3v) is 5.12. The number of carbonyl (C=O) groups excluding carboxylic acids is 1. The summed E-state index contributed by atoms with van der Waals surface area (Å²) in [6.45, 7) is 4.27. The van der Waals surface area contributed by atoms with Crippen LogP contribution in [0.2, 0.25) is 0 Å². The van der Waals surface area contributed by atoms with E-state index in [1.165, 1.54) is 18.4 Å². The van der Waals surface area contributed by atoms with Crippen molar-refractivity contribution in [3.8, 4) is 0 Å². The average Bonchev–Trinajstić information content (AvgIpc) is 3.06. The number of furan rings is 1. The summed E-state index contributed by atoms with van der Waals surface area (Å²) in [5, 5.41) is 2.72. The normalized spacial score (nSPS) is 11.9. The second-order valence-electron chi connectivity index (χ2n) is 5.99. The SMILES string of the molecule is CC(C)N(C)CC(=O)Nc1cccc(S(=O)(=O)NCc2ccco2)c1. The van der Waals surface area contributed by atoms with Crippen molar-refractivity contribution in [3.63, 3.8) is 0 Å². The lowest BCUT2D eigenvalue weighted by atomic mass is 10.3. The van der Waals surface area contributed by atoms with Gasteiger partial charge < -0.3 is 9.73 Å². The first-order valence-electron chi connectivity index (χ1n) is 7.90. The van der Waals surface area contributed by atoms with Gasteiger partial charge in [0.2, 0.25) is 15.9 Å². The predicted octanol–water partition coefficient (Wildman–Crippen LogP) is 2.04. The van der Waals surface area contributed by atoms with Gasteiger partial charge >= 0.3 is 0 Å². The van der Waals surface area contributed by atoms with Crippen molar-refractivity contribution in [2.75, 3.05) is 18.9 Å². The summed E-state index contributed by atoms with van der Waals surface area (Å²) in [5.41, 5.74) is 0.433. The number of carbonyl (C=O) groups is 1. The van der Waals surface area contributed by atoms with Crippen LogP contribution >= 0.6 is 0 Å². The molecule has 8 heteroatoms. The van der Waals surface area contributed by atoms with Crippen molar-refractivity contribution >= 4 is 21.6 Å². The zero-order valence-electron chi connectivity index (χ0n) is 14.5. The third-order valence-electron chi connectivity index (χ3n) is 3.72. The highest BCUT2D eigenvalue weighted by Gasteiger charge is 2.16. The van der Waals surface area contributed by atoms with Crippen molar-refractivity contribution in [2.45, 2.75) is 31.3 Å². The molecule has 1 amide bonds. The van der Waals surface area contributed by atoms with Gasteiger partial charge in [-0.2, -0.15) is 0 Å². The number of rotatable bonds is 8. The van der Waals surface area contributed by atoms with Gasteiger partial charge in [0.15, 0.2) is 0 Å². The van der Waals surface area contributed by atoms with E-state index in [4.69, 9.17) is 4.42 Å². The van der Waals surface area contributed by atoms with Crippen LogP contribution in [-0.2, 0) is 21.4 Å². The number of nitrogens with one attached hydrogen (secondary N) is 2. The Labute approximate surface area is 148 Å². The van der Waals surface area contributed by atoms with E-state index >= 15 is 0 Å². The number of nitrogens with zero attached hydrogens (tertiary/aromatic N) is 1. The molecule has 1 aromatic heterocycles. The van der Waals surface area contributed by atoms with Gasteiger partial charge in [0.25, 0.3) is 0 Å². The van der Waals surface area contributed by atoms with Crippen LogP contribution < -0.4 is 10.0 Å². The number of anilines is 1. The molecule has 0 spiro atoms. The molecular formula is C17H23N3O4S. The van der Waals surface area contributed by atoms with Crippen molar-refractivity contribution in [3.05, 3.63) is 48.4 Å². The minimum absolute atomic E-state index is 0.0606. The van der Waals surface area contributed by atoms with Gasteiger partial charge in [0.05, 0.1) is 24.2 Å². The topological polar surface area (TPSA) is 91.7 Å². The highest BCUT2D eigenvalue weighted by Crippen LogP contribution is 2.16. The van der Waals surface area contributed by atoms with E-state index in [9.17, 15) is 13.2 Å². The molecule has 0 saturated carbocycles. The quantitative estimate of drug-likeness (QED) is 0.747. The second kappa shape index (κ2) is 8.28. The fourth-order valence-corrected chi connectivity index (χ4v) is 3.05. The fourth-order valence-electron chi connectivity index (χ4n) is 2.01. The second-order valence-corrected chi connectivity index (χ2v) is 7.76. The molecular weight excluding hydrogens is 342 g/mol. The molecule has 0 atom stereocenters. The molecule has 0 aliphatic rings. The minimum atomic E-state index is -3.70. The molecule has 0 saturated heterocycles. The fraction of sp³-hybridized carbons (Fsp3) is 0.353. The lowest BCUT2D eigenvalue weighted by Gasteiger charge is -2.20. The van der Waals surface area contributed by atoms with E-state index in [2.05, 4.69) is 10.0 Å². The monoisotopic (exact) mass is 365 g/mol. The standard InChI is InChI=1S/C17H23N3O4S/c1-13(2)20(3)12-17(21)19-14-6-4-8-16(10-14)25(22,23)18-11-15-7-5-9-24-15/h4-10,13,18H,11-12H2,1-3H3,(H,19,21). The summed E-state index contributed by atoms with van der Waals surface area (Å²) in [5.74, 6) is 0.319. The van der Waals surface area contributed by atoms with Crippen molar-refractivity contribution < 1.29 is 17.6 Å². The molecule has 0 aliphatic carbocycles.